The molecule has 11 aromatic carbocycles. The van der Waals surface area contributed by atoms with Crippen molar-refractivity contribution in [2.24, 2.45) is 0 Å². The summed E-state index contributed by atoms with van der Waals surface area (Å²) in [5.41, 5.74) is 17.5. The summed E-state index contributed by atoms with van der Waals surface area (Å²) < 4.78 is 2.63. The highest BCUT2D eigenvalue weighted by molar-refractivity contribution is 7.26. The number of hydrogen-bond acceptors (Lipinski definition) is 2. The normalized spacial score (nSPS) is 12.6. The van der Waals surface area contributed by atoms with Gasteiger partial charge in [0, 0.05) is 37.1 Å². The van der Waals surface area contributed by atoms with E-state index in [1.807, 2.05) is 11.3 Å². The predicted molar refractivity (Wildman–Crippen MR) is 285 cm³/mol. The highest BCUT2D eigenvalue weighted by atomic mass is 32.1. The van der Waals surface area contributed by atoms with Crippen LogP contribution in [-0.4, -0.2) is 0 Å². The zero-order chi connectivity index (χ0) is 44.3. The van der Waals surface area contributed by atoms with Crippen molar-refractivity contribution in [3.63, 3.8) is 0 Å². The minimum atomic E-state index is -0.546. The third kappa shape index (κ3) is 6.29. The Morgan fingerprint density at radius 2 is 0.851 bits per heavy atom. The summed E-state index contributed by atoms with van der Waals surface area (Å²) in [6.45, 7) is 0. The Morgan fingerprint density at radius 1 is 0.313 bits per heavy atom. The first kappa shape index (κ1) is 39.1. The molecule has 0 saturated carbocycles. The first-order valence-electron chi connectivity index (χ1n) is 23.1. The van der Waals surface area contributed by atoms with Gasteiger partial charge in [-0.2, -0.15) is 0 Å². The van der Waals surface area contributed by atoms with Crippen LogP contribution < -0.4 is 4.90 Å². The van der Waals surface area contributed by atoms with Crippen LogP contribution in [0.2, 0.25) is 0 Å². The lowest BCUT2D eigenvalue weighted by Crippen LogP contribution is -2.28. The van der Waals surface area contributed by atoms with Gasteiger partial charge in [-0.3, -0.25) is 0 Å². The molecule has 0 spiro atoms. The fourth-order valence-electron chi connectivity index (χ4n) is 11.0. The average Bonchev–Trinajstić information content (AvgIpc) is 3.93. The molecule has 314 valence electrons. The maximum atomic E-state index is 2.50. The van der Waals surface area contributed by atoms with Gasteiger partial charge >= 0.3 is 0 Å². The number of anilines is 3. The summed E-state index contributed by atoms with van der Waals surface area (Å²) in [7, 11) is 0. The molecule has 67 heavy (non-hydrogen) atoms. The van der Waals surface area contributed by atoms with E-state index in [1.54, 1.807) is 0 Å². The van der Waals surface area contributed by atoms with Crippen molar-refractivity contribution in [3.05, 3.63) is 283 Å². The fraction of sp³-hybridized carbons (Fsp3) is 0.0154. The van der Waals surface area contributed by atoms with Crippen molar-refractivity contribution < 1.29 is 0 Å². The Hall–Kier alpha value is -8.30. The lowest BCUT2D eigenvalue weighted by Gasteiger charge is -2.35. The summed E-state index contributed by atoms with van der Waals surface area (Å²) in [5.74, 6) is 0. The van der Waals surface area contributed by atoms with Gasteiger partial charge in [0.2, 0.25) is 0 Å². The lowest BCUT2D eigenvalue weighted by molar-refractivity contribution is 0.768. The fourth-order valence-corrected chi connectivity index (χ4v) is 12.2. The van der Waals surface area contributed by atoms with E-state index < -0.39 is 5.41 Å². The van der Waals surface area contributed by atoms with Crippen LogP contribution in [0.4, 0.5) is 17.1 Å². The van der Waals surface area contributed by atoms with Crippen LogP contribution in [-0.2, 0) is 5.41 Å². The van der Waals surface area contributed by atoms with Gasteiger partial charge in [0.05, 0.1) is 11.1 Å². The second-order valence-corrected chi connectivity index (χ2v) is 18.6. The second kappa shape index (κ2) is 16.0. The first-order chi connectivity index (χ1) is 33.2. The zero-order valence-corrected chi connectivity index (χ0v) is 37.5. The number of nitrogens with zero attached hydrogens (tertiary/aromatic N) is 1. The Morgan fingerprint density at radius 3 is 1.64 bits per heavy atom. The van der Waals surface area contributed by atoms with Crippen LogP contribution >= 0.6 is 11.3 Å². The predicted octanol–water partition coefficient (Wildman–Crippen LogP) is 18.0. The molecule has 1 aliphatic rings. The molecule has 1 aromatic heterocycles. The minimum absolute atomic E-state index is 0.546. The van der Waals surface area contributed by atoms with Gasteiger partial charge in [0.25, 0.3) is 0 Å². The molecule has 1 heterocycles. The molecule has 1 aliphatic carbocycles. The molecule has 13 rings (SSSR count). The van der Waals surface area contributed by atoms with Gasteiger partial charge in [-0.15, -0.1) is 11.3 Å². The van der Waals surface area contributed by atoms with Crippen LogP contribution in [0.15, 0.2) is 261 Å². The van der Waals surface area contributed by atoms with E-state index in [2.05, 4.69) is 266 Å². The molecule has 0 atom stereocenters. The molecule has 2 heteroatoms. The second-order valence-electron chi connectivity index (χ2n) is 17.5. The largest absolute Gasteiger partial charge is 0.310 e. The summed E-state index contributed by atoms with van der Waals surface area (Å²) in [6.07, 6.45) is 0. The lowest BCUT2D eigenvalue weighted by atomic mass is 9.67. The number of hydrogen-bond donors (Lipinski definition) is 0. The van der Waals surface area contributed by atoms with Gasteiger partial charge in [-0.05, 0) is 108 Å². The molecule has 0 radical (unpaired) electrons. The molecular weight excluding hydrogens is 827 g/mol. The Kier molecular flexibility index (Phi) is 9.33. The highest BCUT2D eigenvalue weighted by Gasteiger charge is 2.46. The third-order valence-corrected chi connectivity index (χ3v) is 15.2. The van der Waals surface area contributed by atoms with Gasteiger partial charge in [0.15, 0.2) is 0 Å². The van der Waals surface area contributed by atoms with Crippen LogP contribution in [0.1, 0.15) is 22.3 Å². The molecule has 1 nitrogen and oxygen atoms in total. The molecule has 0 N–H and O–H groups in total. The minimum Gasteiger partial charge on any atom is -0.310 e. The van der Waals surface area contributed by atoms with Crippen molar-refractivity contribution in [1.29, 1.82) is 0 Å². The monoisotopic (exact) mass is 869 g/mol. The van der Waals surface area contributed by atoms with E-state index in [9.17, 15) is 0 Å². The highest BCUT2D eigenvalue weighted by Crippen LogP contribution is 2.57. The average molecular weight is 870 g/mol. The maximum Gasteiger partial charge on any atom is 0.0714 e. The number of fused-ring (bicyclic) bond motifs is 7. The molecular formula is C65H43NS. The molecule has 12 aromatic rings. The molecule has 0 saturated heterocycles. The Balaban J connectivity index is 1.08. The van der Waals surface area contributed by atoms with E-state index >= 15 is 0 Å². The standard InChI is InChI=1S/C65H43NS/c1-4-18-45(19-5-1)54-40-36-47(53-29-16-21-44-20-10-11-26-52(44)53)42-62(54)66(50-37-34-46(35-38-50)55-30-17-31-59-58-28-13-15-33-63(58)67-64(55)59)51-39-41-57-56-27-12-14-32-60(56)65(61(57)43-51,48-22-6-2-7-23-48)49-24-8-3-9-25-49/h1-43H. The third-order valence-electron chi connectivity index (χ3n) is 14.0. The van der Waals surface area contributed by atoms with Crippen molar-refractivity contribution >= 4 is 59.3 Å². The van der Waals surface area contributed by atoms with Crippen LogP contribution in [0.25, 0.3) is 75.5 Å². The van der Waals surface area contributed by atoms with Crippen LogP contribution in [0.3, 0.4) is 0 Å². The Labute approximate surface area is 395 Å². The maximum absolute atomic E-state index is 2.50. The first-order valence-corrected chi connectivity index (χ1v) is 23.9. The van der Waals surface area contributed by atoms with Crippen LogP contribution in [0.5, 0.6) is 0 Å². The molecule has 0 fully saturated rings. The SMILES string of the molecule is c1ccc(-c2ccc(-c3cccc4ccccc34)cc2N(c2ccc(-c3cccc4c3sc3ccccc34)cc2)c2ccc3c(c2)C(c2ccccc2)(c2ccccc2)c2ccccc2-3)cc1. The van der Waals surface area contributed by atoms with Crippen LogP contribution in [0, 0.1) is 0 Å². The summed E-state index contributed by atoms with van der Waals surface area (Å²) in [5, 5.41) is 5.08. The van der Waals surface area contributed by atoms with Crippen molar-refractivity contribution in [2.75, 3.05) is 4.90 Å². The van der Waals surface area contributed by atoms with Crippen molar-refractivity contribution in [3.8, 4) is 44.5 Å². The number of rotatable bonds is 8. The summed E-state index contributed by atoms with van der Waals surface area (Å²) >= 11 is 1.88. The Bertz CT molecular complexity index is 3750. The van der Waals surface area contributed by atoms with Crippen molar-refractivity contribution in [2.45, 2.75) is 5.41 Å². The molecule has 0 bridgehead atoms. The molecule has 0 aliphatic heterocycles. The van der Waals surface area contributed by atoms with E-state index in [0.717, 1.165) is 28.2 Å². The number of benzene rings is 11. The van der Waals surface area contributed by atoms with Gasteiger partial charge in [0.1, 0.15) is 0 Å². The topological polar surface area (TPSA) is 3.24 Å². The molecule has 0 unspecified atom stereocenters. The van der Waals surface area contributed by atoms with E-state index in [-0.39, 0.29) is 0 Å². The summed E-state index contributed by atoms with van der Waals surface area (Å²) in [6, 6.07) is 96.5. The van der Waals surface area contributed by atoms with E-state index in [1.165, 1.54) is 86.6 Å². The van der Waals surface area contributed by atoms with Gasteiger partial charge in [-0.1, -0.05) is 224 Å². The van der Waals surface area contributed by atoms with E-state index in [0.29, 0.717) is 0 Å². The number of thiophene rings is 1. The smallest absolute Gasteiger partial charge is 0.0714 e. The quantitative estimate of drug-likeness (QED) is 0.147. The molecule has 0 amide bonds. The van der Waals surface area contributed by atoms with E-state index in [4.69, 9.17) is 0 Å². The van der Waals surface area contributed by atoms with Gasteiger partial charge in [-0.25, -0.2) is 0 Å². The van der Waals surface area contributed by atoms with Gasteiger partial charge < -0.3 is 4.90 Å². The zero-order valence-electron chi connectivity index (χ0n) is 36.7. The van der Waals surface area contributed by atoms with Crippen molar-refractivity contribution in [1.82, 2.24) is 0 Å². The summed E-state index contributed by atoms with van der Waals surface area (Å²) in [4.78, 5) is 2.50.